The van der Waals surface area contributed by atoms with Crippen molar-refractivity contribution in [2.45, 2.75) is 39.0 Å². The Morgan fingerprint density at radius 2 is 2.04 bits per heavy atom. The predicted molar refractivity (Wildman–Crippen MR) is 81.6 cm³/mol. The molecule has 1 aliphatic rings. The van der Waals surface area contributed by atoms with Crippen LogP contribution >= 0.6 is 0 Å². The minimum Gasteiger partial charge on any atom is -0.444 e. The summed E-state index contributed by atoms with van der Waals surface area (Å²) < 4.78 is 43.0. The highest BCUT2D eigenvalue weighted by Gasteiger charge is 2.35. The number of nitrogens with zero attached hydrogens (tertiary/aromatic N) is 3. The molecule has 0 unspecified atom stereocenters. The van der Waals surface area contributed by atoms with Crippen molar-refractivity contribution >= 4 is 12.0 Å². The van der Waals surface area contributed by atoms with Crippen LogP contribution in [-0.2, 0) is 10.9 Å². The fourth-order valence-corrected chi connectivity index (χ4v) is 2.27. The summed E-state index contributed by atoms with van der Waals surface area (Å²) in [5, 5.41) is 2.66. The van der Waals surface area contributed by atoms with Crippen LogP contribution in [0.4, 0.5) is 23.9 Å². The largest absolute Gasteiger partial charge is 0.444 e. The van der Waals surface area contributed by atoms with E-state index < -0.39 is 23.6 Å². The number of ether oxygens (including phenoxy) is 1. The molecule has 0 radical (unpaired) electrons. The molecule has 1 fully saturated rings. The summed E-state index contributed by atoms with van der Waals surface area (Å²) in [4.78, 5) is 20.6. The zero-order chi connectivity index (χ0) is 18.0. The average molecular weight is 346 g/mol. The predicted octanol–water partition coefficient (Wildman–Crippen LogP) is 2.85. The second-order valence-electron chi connectivity index (χ2n) is 6.73. The van der Waals surface area contributed by atoms with Gasteiger partial charge in [0, 0.05) is 25.8 Å². The number of alkyl halides is 3. The first-order valence-electron chi connectivity index (χ1n) is 7.66. The zero-order valence-corrected chi connectivity index (χ0v) is 13.9. The van der Waals surface area contributed by atoms with Gasteiger partial charge in [-0.3, -0.25) is 0 Å². The summed E-state index contributed by atoms with van der Waals surface area (Å²) >= 11 is 0. The molecule has 1 aromatic rings. The molecule has 1 aromatic heterocycles. The summed E-state index contributed by atoms with van der Waals surface area (Å²) in [5.74, 6) is 0.360. The summed E-state index contributed by atoms with van der Waals surface area (Å²) in [6.45, 7) is 6.94. The zero-order valence-electron chi connectivity index (χ0n) is 13.9. The fourth-order valence-electron chi connectivity index (χ4n) is 2.27. The lowest BCUT2D eigenvalue weighted by Gasteiger charge is -2.39. The molecule has 1 amide bonds. The highest BCUT2D eigenvalue weighted by atomic mass is 19.4. The molecule has 0 atom stereocenters. The van der Waals surface area contributed by atoms with Gasteiger partial charge in [0.25, 0.3) is 0 Å². The monoisotopic (exact) mass is 346 g/mol. The number of rotatable bonds is 4. The average Bonchev–Trinajstić information content (AvgIpc) is 2.38. The van der Waals surface area contributed by atoms with E-state index in [9.17, 15) is 18.0 Å². The van der Waals surface area contributed by atoms with Crippen LogP contribution in [0.25, 0.3) is 0 Å². The second-order valence-corrected chi connectivity index (χ2v) is 6.73. The van der Waals surface area contributed by atoms with Gasteiger partial charge >= 0.3 is 12.3 Å². The summed E-state index contributed by atoms with van der Waals surface area (Å²) in [7, 11) is 0. The van der Waals surface area contributed by atoms with Gasteiger partial charge < -0.3 is 15.0 Å². The third-order valence-electron chi connectivity index (χ3n) is 3.39. The Morgan fingerprint density at radius 3 is 2.62 bits per heavy atom. The molecule has 24 heavy (non-hydrogen) atoms. The van der Waals surface area contributed by atoms with E-state index in [0.717, 1.165) is 12.3 Å². The Bertz CT molecular complexity index is 581. The first-order chi connectivity index (χ1) is 11.0. The number of nitrogens with one attached hydrogen (secondary N) is 1. The van der Waals surface area contributed by atoms with Crippen molar-refractivity contribution in [3.8, 4) is 0 Å². The minimum absolute atomic E-state index is 0.0844. The summed E-state index contributed by atoms with van der Waals surface area (Å²) in [6, 6.07) is 0.853. The van der Waals surface area contributed by atoms with Crippen LogP contribution in [0.5, 0.6) is 0 Å². The van der Waals surface area contributed by atoms with Gasteiger partial charge in [-0.15, -0.1) is 0 Å². The number of halogens is 3. The van der Waals surface area contributed by atoms with Gasteiger partial charge in [0.05, 0.1) is 0 Å². The Balaban J connectivity index is 1.73. The van der Waals surface area contributed by atoms with E-state index in [-0.39, 0.29) is 11.9 Å². The summed E-state index contributed by atoms with van der Waals surface area (Å²) in [5.41, 5.74) is -1.49. The molecule has 1 N–H and O–H groups in total. The number of carbonyl (C=O) groups excluding carboxylic acids is 1. The fraction of sp³-hybridized carbons (Fsp3) is 0.667. The van der Waals surface area contributed by atoms with Gasteiger partial charge in [-0.25, -0.2) is 14.8 Å². The highest BCUT2D eigenvalue weighted by Crippen LogP contribution is 2.30. The third kappa shape index (κ3) is 5.24. The third-order valence-corrected chi connectivity index (χ3v) is 3.39. The van der Waals surface area contributed by atoms with E-state index >= 15 is 0 Å². The number of alkyl carbamates (subject to hydrolysis) is 1. The van der Waals surface area contributed by atoms with E-state index in [1.165, 1.54) is 0 Å². The van der Waals surface area contributed by atoms with E-state index in [1.54, 1.807) is 25.7 Å². The van der Waals surface area contributed by atoms with Crippen molar-refractivity contribution in [3.05, 3.63) is 18.0 Å². The van der Waals surface area contributed by atoms with E-state index in [1.807, 2.05) is 0 Å². The Morgan fingerprint density at radius 1 is 1.38 bits per heavy atom. The van der Waals surface area contributed by atoms with Crippen LogP contribution in [0.15, 0.2) is 12.3 Å². The van der Waals surface area contributed by atoms with Crippen molar-refractivity contribution < 1.29 is 22.7 Å². The SMILES string of the molecule is CC(C)(C)OC(=O)NCCC1CN(c2nccc(C(F)(F)F)n2)C1. The number of hydrogen-bond acceptors (Lipinski definition) is 5. The lowest BCUT2D eigenvalue weighted by Crippen LogP contribution is -2.49. The maximum Gasteiger partial charge on any atom is 0.433 e. The smallest absolute Gasteiger partial charge is 0.433 e. The first-order valence-corrected chi connectivity index (χ1v) is 7.66. The van der Waals surface area contributed by atoms with E-state index in [0.29, 0.717) is 26.1 Å². The molecule has 0 spiro atoms. The van der Waals surface area contributed by atoms with Crippen LogP contribution in [-0.4, -0.2) is 41.3 Å². The minimum atomic E-state index is -4.47. The second kappa shape index (κ2) is 6.82. The van der Waals surface area contributed by atoms with Gasteiger partial charge in [-0.05, 0) is 39.2 Å². The summed E-state index contributed by atoms with van der Waals surface area (Å²) in [6.07, 6.45) is -3.11. The van der Waals surface area contributed by atoms with E-state index in [4.69, 9.17) is 4.74 Å². The molecule has 1 aliphatic heterocycles. The van der Waals surface area contributed by atoms with Crippen molar-refractivity contribution in [2.24, 2.45) is 5.92 Å². The Hall–Kier alpha value is -2.06. The maximum absolute atomic E-state index is 12.6. The van der Waals surface area contributed by atoms with Crippen molar-refractivity contribution in [1.29, 1.82) is 0 Å². The van der Waals surface area contributed by atoms with Crippen LogP contribution in [0, 0.1) is 5.92 Å². The van der Waals surface area contributed by atoms with Gasteiger partial charge in [-0.1, -0.05) is 0 Å². The molecule has 0 aliphatic carbocycles. The number of carbonyl (C=O) groups is 1. The quantitative estimate of drug-likeness (QED) is 0.908. The Kier molecular flexibility index (Phi) is 5.19. The van der Waals surface area contributed by atoms with Crippen molar-refractivity contribution in [1.82, 2.24) is 15.3 Å². The molecule has 2 rings (SSSR count). The van der Waals surface area contributed by atoms with Gasteiger partial charge in [0.1, 0.15) is 11.3 Å². The normalized spacial score (nSPS) is 15.8. The molecule has 1 saturated heterocycles. The molecule has 0 bridgehead atoms. The molecule has 6 nitrogen and oxygen atoms in total. The molecule has 0 aromatic carbocycles. The molecule has 2 heterocycles. The molecular formula is C15H21F3N4O2. The molecule has 0 saturated carbocycles. The molecular weight excluding hydrogens is 325 g/mol. The lowest BCUT2D eigenvalue weighted by molar-refractivity contribution is -0.141. The number of hydrogen-bond donors (Lipinski definition) is 1. The highest BCUT2D eigenvalue weighted by molar-refractivity contribution is 5.67. The standard InChI is InChI=1S/C15H21F3N4O2/c1-14(2,3)24-13(23)20-6-4-10-8-22(9-10)12-19-7-5-11(21-12)15(16,17)18/h5,7,10H,4,6,8-9H2,1-3H3,(H,20,23). The number of amides is 1. The Labute approximate surface area is 138 Å². The number of anilines is 1. The lowest BCUT2D eigenvalue weighted by atomic mass is 9.97. The topological polar surface area (TPSA) is 67.3 Å². The van der Waals surface area contributed by atoms with Crippen LogP contribution in [0.3, 0.4) is 0 Å². The van der Waals surface area contributed by atoms with Gasteiger partial charge in [-0.2, -0.15) is 13.2 Å². The first kappa shape index (κ1) is 18.3. The maximum atomic E-state index is 12.6. The van der Waals surface area contributed by atoms with Gasteiger partial charge in [0.15, 0.2) is 0 Å². The van der Waals surface area contributed by atoms with Crippen LogP contribution < -0.4 is 10.2 Å². The van der Waals surface area contributed by atoms with Gasteiger partial charge in [0.2, 0.25) is 5.95 Å². The van der Waals surface area contributed by atoms with E-state index in [2.05, 4.69) is 15.3 Å². The van der Waals surface area contributed by atoms with Crippen LogP contribution in [0.2, 0.25) is 0 Å². The number of aromatic nitrogens is 2. The van der Waals surface area contributed by atoms with Crippen LogP contribution in [0.1, 0.15) is 32.9 Å². The van der Waals surface area contributed by atoms with Crippen molar-refractivity contribution in [3.63, 3.8) is 0 Å². The van der Waals surface area contributed by atoms with Crippen molar-refractivity contribution in [2.75, 3.05) is 24.5 Å². The molecule has 134 valence electrons. The molecule has 9 heteroatoms.